The molecule has 0 aliphatic heterocycles. The molecule has 0 aromatic carbocycles. The Balaban J connectivity index is 1.56. The lowest BCUT2D eigenvalue weighted by molar-refractivity contribution is -0.148. The van der Waals surface area contributed by atoms with Gasteiger partial charge in [0.2, 0.25) is 0 Å². The van der Waals surface area contributed by atoms with Crippen LogP contribution in [0.5, 0.6) is 0 Å². The lowest BCUT2D eigenvalue weighted by Crippen LogP contribution is -2.29. The first-order chi connectivity index (χ1) is 7.84. The van der Waals surface area contributed by atoms with Crippen molar-refractivity contribution < 1.29 is 9.53 Å². The molecule has 0 atom stereocenters. The normalized spacial score (nSPS) is 22.8. The fourth-order valence-corrected chi connectivity index (χ4v) is 2.29. The first kappa shape index (κ1) is 11.9. The Kier molecular flexibility index (Phi) is 4.64. The fourth-order valence-electron chi connectivity index (χ4n) is 2.29. The average molecular weight is 225 g/mol. The molecular formula is C13H23NO2. The minimum atomic E-state index is -0.0625. The molecule has 0 saturated heterocycles. The molecule has 92 valence electrons. The maximum Gasteiger partial charge on any atom is 0.320 e. The Labute approximate surface area is 97.9 Å². The minimum Gasteiger partial charge on any atom is -0.461 e. The molecule has 2 aliphatic carbocycles. The summed E-state index contributed by atoms with van der Waals surface area (Å²) in [5.41, 5.74) is 0. The maximum absolute atomic E-state index is 11.5. The van der Waals surface area contributed by atoms with Crippen LogP contribution in [0.4, 0.5) is 0 Å². The topological polar surface area (TPSA) is 38.3 Å². The van der Waals surface area contributed by atoms with Crippen LogP contribution >= 0.6 is 0 Å². The predicted molar refractivity (Wildman–Crippen MR) is 63.2 cm³/mol. The number of hydrogen-bond donors (Lipinski definition) is 1. The van der Waals surface area contributed by atoms with E-state index in [1.807, 2.05) is 0 Å². The molecule has 0 unspecified atom stereocenters. The molecule has 0 spiro atoms. The molecule has 2 rings (SSSR count). The van der Waals surface area contributed by atoms with E-state index in [0.29, 0.717) is 6.54 Å². The summed E-state index contributed by atoms with van der Waals surface area (Å²) in [4.78, 5) is 11.5. The zero-order valence-electron chi connectivity index (χ0n) is 10.0. The molecule has 3 nitrogen and oxygen atoms in total. The number of carbonyl (C=O) groups excluding carboxylic acids is 1. The molecule has 16 heavy (non-hydrogen) atoms. The Morgan fingerprint density at radius 3 is 2.38 bits per heavy atom. The van der Waals surface area contributed by atoms with Crippen LogP contribution in [0.15, 0.2) is 0 Å². The Morgan fingerprint density at radius 2 is 1.75 bits per heavy atom. The number of esters is 1. The van der Waals surface area contributed by atoms with Crippen LogP contribution in [0.3, 0.4) is 0 Å². The standard InChI is InChI=1S/C13H23NO2/c15-13(10-14-9-11-7-8-11)16-12-5-3-1-2-4-6-12/h11-12,14H,1-10H2. The van der Waals surface area contributed by atoms with Gasteiger partial charge in [-0.2, -0.15) is 0 Å². The second kappa shape index (κ2) is 6.24. The lowest BCUT2D eigenvalue weighted by atomic mass is 10.1. The molecule has 0 heterocycles. The summed E-state index contributed by atoms with van der Waals surface area (Å²) in [7, 11) is 0. The SMILES string of the molecule is O=C(CNCC1CC1)OC1CCCCCC1. The number of ether oxygens (including phenoxy) is 1. The van der Waals surface area contributed by atoms with Crippen molar-refractivity contribution >= 4 is 5.97 Å². The predicted octanol–water partition coefficient (Wildman–Crippen LogP) is 2.25. The Morgan fingerprint density at radius 1 is 1.06 bits per heavy atom. The third kappa shape index (κ3) is 4.52. The molecule has 2 saturated carbocycles. The van der Waals surface area contributed by atoms with Crippen molar-refractivity contribution in [3.63, 3.8) is 0 Å². The van der Waals surface area contributed by atoms with Crippen molar-refractivity contribution in [1.82, 2.24) is 5.32 Å². The van der Waals surface area contributed by atoms with Crippen LogP contribution in [-0.2, 0) is 9.53 Å². The van der Waals surface area contributed by atoms with Crippen LogP contribution in [-0.4, -0.2) is 25.2 Å². The second-order valence-electron chi connectivity index (χ2n) is 5.18. The smallest absolute Gasteiger partial charge is 0.320 e. The zero-order valence-corrected chi connectivity index (χ0v) is 10.0. The van der Waals surface area contributed by atoms with Gasteiger partial charge in [-0.3, -0.25) is 4.79 Å². The van der Waals surface area contributed by atoms with E-state index in [0.717, 1.165) is 25.3 Å². The van der Waals surface area contributed by atoms with Gasteiger partial charge in [0.15, 0.2) is 0 Å². The third-order valence-electron chi connectivity index (χ3n) is 3.50. The molecule has 2 aliphatic rings. The van der Waals surface area contributed by atoms with Gasteiger partial charge in [-0.25, -0.2) is 0 Å². The number of rotatable bonds is 5. The molecule has 1 N–H and O–H groups in total. The van der Waals surface area contributed by atoms with Gasteiger partial charge in [0, 0.05) is 0 Å². The van der Waals surface area contributed by atoms with Gasteiger partial charge in [0.1, 0.15) is 6.10 Å². The van der Waals surface area contributed by atoms with Crippen LogP contribution in [0.1, 0.15) is 51.4 Å². The number of nitrogens with one attached hydrogen (secondary N) is 1. The van der Waals surface area contributed by atoms with E-state index >= 15 is 0 Å². The highest BCUT2D eigenvalue weighted by atomic mass is 16.5. The van der Waals surface area contributed by atoms with E-state index in [1.165, 1.54) is 38.5 Å². The van der Waals surface area contributed by atoms with Crippen LogP contribution in [0.2, 0.25) is 0 Å². The monoisotopic (exact) mass is 225 g/mol. The molecular weight excluding hydrogens is 202 g/mol. The molecule has 0 amide bonds. The highest BCUT2D eigenvalue weighted by Crippen LogP contribution is 2.27. The summed E-state index contributed by atoms with van der Waals surface area (Å²) in [6, 6.07) is 0. The van der Waals surface area contributed by atoms with E-state index < -0.39 is 0 Å². The van der Waals surface area contributed by atoms with Gasteiger partial charge in [-0.1, -0.05) is 12.8 Å². The van der Waals surface area contributed by atoms with Gasteiger partial charge in [-0.15, -0.1) is 0 Å². The van der Waals surface area contributed by atoms with E-state index in [9.17, 15) is 4.79 Å². The first-order valence-electron chi connectivity index (χ1n) is 6.75. The maximum atomic E-state index is 11.5. The largest absolute Gasteiger partial charge is 0.461 e. The fraction of sp³-hybridized carbons (Fsp3) is 0.923. The summed E-state index contributed by atoms with van der Waals surface area (Å²) in [6.07, 6.45) is 10.00. The molecule has 0 aromatic rings. The molecule has 0 bridgehead atoms. The molecule has 0 radical (unpaired) electrons. The summed E-state index contributed by atoms with van der Waals surface area (Å²) in [6.45, 7) is 1.38. The quantitative estimate of drug-likeness (QED) is 0.576. The molecule has 3 heteroatoms. The van der Waals surface area contributed by atoms with Gasteiger partial charge in [0.05, 0.1) is 6.54 Å². The molecule has 0 aromatic heterocycles. The van der Waals surface area contributed by atoms with Crippen molar-refractivity contribution in [2.75, 3.05) is 13.1 Å². The van der Waals surface area contributed by atoms with E-state index in [1.54, 1.807) is 0 Å². The van der Waals surface area contributed by atoms with Crippen LogP contribution in [0.25, 0.3) is 0 Å². The molecule has 2 fully saturated rings. The van der Waals surface area contributed by atoms with Crippen molar-refractivity contribution in [2.24, 2.45) is 5.92 Å². The van der Waals surface area contributed by atoms with Crippen LogP contribution < -0.4 is 5.32 Å². The van der Waals surface area contributed by atoms with Crippen molar-refractivity contribution in [3.05, 3.63) is 0 Å². The Hall–Kier alpha value is -0.570. The van der Waals surface area contributed by atoms with Gasteiger partial charge < -0.3 is 10.1 Å². The van der Waals surface area contributed by atoms with Crippen molar-refractivity contribution in [1.29, 1.82) is 0 Å². The third-order valence-corrected chi connectivity index (χ3v) is 3.50. The summed E-state index contributed by atoms with van der Waals surface area (Å²) in [5.74, 6) is 0.762. The summed E-state index contributed by atoms with van der Waals surface area (Å²) < 4.78 is 5.47. The van der Waals surface area contributed by atoms with Gasteiger partial charge in [-0.05, 0) is 51.0 Å². The number of carbonyl (C=O) groups is 1. The van der Waals surface area contributed by atoms with Crippen molar-refractivity contribution in [3.8, 4) is 0 Å². The van der Waals surface area contributed by atoms with E-state index in [4.69, 9.17) is 4.74 Å². The second-order valence-corrected chi connectivity index (χ2v) is 5.18. The minimum absolute atomic E-state index is 0.0625. The summed E-state index contributed by atoms with van der Waals surface area (Å²) >= 11 is 0. The first-order valence-corrected chi connectivity index (χ1v) is 6.75. The summed E-state index contributed by atoms with van der Waals surface area (Å²) in [5, 5.41) is 3.18. The van der Waals surface area contributed by atoms with Crippen molar-refractivity contribution in [2.45, 2.75) is 57.5 Å². The van der Waals surface area contributed by atoms with E-state index in [-0.39, 0.29) is 12.1 Å². The average Bonchev–Trinajstić information content (AvgIpc) is 3.05. The van der Waals surface area contributed by atoms with Crippen LogP contribution in [0, 0.1) is 5.92 Å². The Bertz CT molecular complexity index is 218. The van der Waals surface area contributed by atoms with Gasteiger partial charge in [0.25, 0.3) is 0 Å². The zero-order chi connectivity index (χ0) is 11.2. The van der Waals surface area contributed by atoms with E-state index in [2.05, 4.69) is 5.32 Å². The highest BCUT2D eigenvalue weighted by Gasteiger charge is 2.21. The highest BCUT2D eigenvalue weighted by molar-refractivity contribution is 5.71. The van der Waals surface area contributed by atoms with Gasteiger partial charge >= 0.3 is 5.97 Å². The number of hydrogen-bond acceptors (Lipinski definition) is 3. The lowest BCUT2D eigenvalue weighted by Gasteiger charge is -2.15.